The number of carbonyl (C=O) groups is 1. The number of rotatable bonds is 4. The monoisotopic (exact) mass is 380 g/mol. The highest BCUT2D eigenvalue weighted by molar-refractivity contribution is 5.93. The van der Waals surface area contributed by atoms with Gasteiger partial charge in [-0.25, -0.2) is 4.68 Å². The maximum absolute atomic E-state index is 12.5. The standard InChI is InChI=1S/C16H20N6O3.ClH/c1-10-8-12(6-7-17-10)18-16(23)15-11(2)21(20-19-15)13-4-3-5-14(9-13)22(24)25;/h3-5,9-10,12,17H,6-8H2,1-2H3,(H,18,23);1H. The van der Waals surface area contributed by atoms with Crippen LogP contribution in [0.5, 0.6) is 0 Å². The van der Waals surface area contributed by atoms with Gasteiger partial charge in [-0.1, -0.05) is 11.3 Å². The zero-order valence-corrected chi connectivity index (χ0v) is 15.3. The van der Waals surface area contributed by atoms with E-state index in [4.69, 9.17) is 0 Å². The van der Waals surface area contributed by atoms with Crippen LogP contribution in [0.1, 0.15) is 35.9 Å². The molecule has 1 saturated heterocycles. The second-order valence-corrected chi connectivity index (χ2v) is 6.26. The Bertz CT molecular complexity index is 809. The zero-order chi connectivity index (χ0) is 18.0. The Morgan fingerprint density at radius 2 is 2.23 bits per heavy atom. The molecule has 0 saturated carbocycles. The van der Waals surface area contributed by atoms with Gasteiger partial charge in [-0.05, 0) is 39.3 Å². The molecule has 2 unspecified atom stereocenters. The number of aromatic nitrogens is 3. The van der Waals surface area contributed by atoms with Gasteiger partial charge in [0.15, 0.2) is 5.69 Å². The van der Waals surface area contributed by atoms with Crippen molar-refractivity contribution in [1.29, 1.82) is 0 Å². The van der Waals surface area contributed by atoms with E-state index in [0.29, 0.717) is 17.4 Å². The SMILES string of the molecule is Cc1c(C(=O)NC2CCNC(C)C2)nnn1-c1cccc([N+](=O)[O-])c1.Cl. The molecule has 1 fully saturated rings. The summed E-state index contributed by atoms with van der Waals surface area (Å²) in [7, 11) is 0. The summed E-state index contributed by atoms with van der Waals surface area (Å²) in [5, 5.41) is 25.2. The Labute approximate surface area is 156 Å². The lowest BCUT2D eigenvalue weighted by Crippen LogP contribution is -2.46. The fourth-order valence-corrected chi connectivity index (χ4v) is 3.04. The Hall–Kier alpha value is -2.52. The van der Waals surface area contributed by atoms with Crippen molar-refractivity contribution in [3.63, 3.8) is 0 Å². The summed E-state index contributed by atoms with van der Waals surface area (Å²) in [5.41, 5.74) is 1.23. The molecule has 0 radical (unpaired) electrons. The first-order valence-corrected chi connectivity index (χ1v) is 8.17. The number of carbonyl (C=O) groups excluding carboxylic acids is 1. The lowest BCUT2D eigenvalue weighted by Gasteiger charge is -2.28. The number of non-ortho nitro benzene ring substituents is 1. The Morgan fingerprint density at radius 1 is 1.46 bits per heavy atom. The third-order valence-corrected chi connectivity index (χ3v) is 4.35. The van der Waals surface area contributed by atoms with Gasteiger partial charge in [-0.15, -0.1) is 17.5 Å². The topological polar surface area (TPSA) is 115 Å². The molecule has 9 nitrogen and oxygen atoms in total. The van der Waals surface area contributed by atoms with Crippen molar-refractivity contribution in [2.24, 2.45) is 0 Å². The molecule has 0 spiro atoms. The first-order chi connectivity index (χ1) is 12.0. The number of nitrogens with one attached hydrogen (secondary N) is 2. The molecule has 3 rings (SSSR count). The fourth-order valence-electron chi connectivity index (χ4n) is 3.04. The molecule has 1 aliphatic rings. The number of halogens is 1. The van der Waals surface area contributed by atoms with Crippen LogP contribution in [0.2, 0.25) is 0 Å². The van der Waals surface area contributed by atoms with Crippen molar-refractivity contribution in [2.75, 3.05) is 6.54 Å². The molecule has 1 aromatic carbocycles. The molecular weight excluding hydrogens is 360 g/mol. The van der Waals surface area contributed by atoms with E-state index < -0.39 is 4.92 Å². The normalized spacial score (nSPS) is 19.5. The lowest BCUT2D eigenvalue weighted by atomic mass is 10.0. The summed E-state index contributed by atoms with van der Waals surface area (Å²) in [6, 6.07) is 6.53. The summed E-state index contributed by atoms with van der Waals surface area (Å²) in [6.07, 6.45) is 1.73. The maximum Gasteiger partial charge on any atom is 0.273 e. The van der Waals surface area contributed by atoms with Crippen molar-refractivity contribution in [2.45, 2.75) is 38.8 Å². The van der Waals surface area contributed by atoms with Gasteiger partial charge in [0.05, 0.1) is 16.3 Å². The van der Waals surface area contributed by atoms with Crippen LogP contribution in [-0.4, -0.2) is 44.5 Å². The van der Waals surface area contributed by atoms with Gasteiger partial charge in [0.25, 0.3) is 11.6 Å². The molecule has 10 heteroatoms. The average Bonchev–Trinajstić information content (AvgIpc) is 2.96. The van der Waals surface area contributed by atoms with E-state index in [1.807, 2.05) is 0 Å². The van der Waals surface area contributed by atoms with Crippen LogP contribution in [0.3, 0.4) is 0 Å². The molecule has 2 aromatic rings. The Morgan fingerprint density at radius 3 is 2.92 bits per heavy atom. The molecule has 1 aromatic heterocycles. The summed E-state index contributed by atoms with van der Waals surface area (Å²) in [4.78, 5) is 23.0. The van der Waals surface area contributed by atoms with Gasteiger partial charge in [-0.3, -0.25) is 14.9 Å². The third kappa shape index (κ3) is 4.17. The number of amides is 1. The summed E-state index contributed by atoms with van der Waals surface area (Å²) < 4.78 is 1.44. The minimum absolute atomic E-state index is 0. The number of piperidine rings is 1. The highest BCUT2D eigenvalue weighted by atomic mass is 35.5. The molecule has 140 valence electrons. The highest BCUT2D eigenvalue weighted by Gasteiger charge is 2.24. The van der Waals surface area contributed by atoms with Crippen LogP contribution in [0.4, 0.5) is 5.69 Å². The third-order valence-electron chi connectivity index (χ3n) is 4.35. The molecular formula is C16H21ClN6O3. The first-order valence-electron chi connectivity index (χ1n) is 8.17. The van der Waals surface area contributed by atoms with Gasteiger partial charge in [0.2, 0.25) is 0 Å². The van der Waals surface area contributed by atoms with Gasteiger partial charge in [0.1, 0.15) is 0 Å². The predicted octanol–water partition coefficient (Wildman–Crippen LogP) is 1.78. The average molecular weight is 381 g/mol. The number of hydrogen-bond acceptors (Lipinski definition) is 6. The van der Waals surface area contributed by atoms with E-state index >= 15 is 0 Å². The zero-order valence-electron chi connectivity index (χ0n) is 14.5. The number of benzene rings is 1. The van der Waals surface area contributed by atoms with Crippen LogP contribution in [0.25, 0.3) is 5.69 Å². The second-order valence-electron chi connectivity index (χ2n) is 6.26. The molecule has 0 aliphatic carbocycles. The van der Waals surface area contributed by atoms with Crippen LogP contribution in [0.15, 0.2) is 24.3 Å². The minimum Gasteiger partial charge on any atom is -0.348 e. The summed E-state index contributed by atoms with van der Waals surface area (Å²) in [5.74, 6) is -0.270. The smallest absolute Gasteiger partial charge is 0.273 e. The van der Waals surface area contributed by atoms with Crippen LogP contribution in [-0.2, 0) is 0 Å². The van der Waals surface area contributed by atoms with Gasteiger partial charge >= 0.3 is 0 Å². The summed E-state index contributed by atoms with van der Waals surface area (Å²) >= 11 is 0. The first kappa shape index (κ1) is 19.8. The van der Waals surface area contributed by atoms with Crippen LogP contribution >= 0.6 is 12.4 Å². The van der Waals surface area contributed by atoms with Gasteiger partial charge < -0.3 is 10.6 Å². The maximum atomic E-state index is 12.5. The highest BCUT2D eigenvalue weighted by Crippen LogP contribution is 2.18. The van der Waals surface area contributed by atoms with E-state index in [9.17, 15) is 14.9 Å². The van der Waals surface area contributed by atoms with E-state index in [1.54, 1.807) is 19.1 Å². The second kappa shape index (κ2) is 8.24. The predicted molar refractivity (Wildman–Crippen MR) is 98.0 cm³/mol. The molecule has 2 N–H and O–H groups in total. The quantitative estimate of drug-likeness (QED) is 0.617. The number of hydrogen-bond donors (Lipinski definition) is 2. The van der Waals surface area contributed by atoms with E-state index in [-0.39, 0.29) is 35.7 Å². The molecule has 2 heterocycles. The lowest BCUT2D eigenvalue weighted by molar-refractivity contribution is -0.384. The van der Waals surface area contributed by atoms with Crippen molar-refractivity contribution in [3.05, 3.63) is 45.8 Å². The molecule has 26 heavy (non-hydrogen) atoms. The minimum atomic E-state index is -0.471. The summed E-state index contributed by atoms with van der Waals surface area (Å²) in [6.45, 7) is 4.67. The van der Waals surface area contributed by atoms with Gasteiger partial charge in [-0.2, -0.15) is 0 Å². The molecule has 1 amide bonds. The van der Waals surface area contributed by atoms with E-state index in [0.717, 1.165) is 19.4 Å². The Kier molecular flexibility index (Phi) is 6.27. The number of nitrogens with zero attached hydrogens (tertiary/aromatic N) is 4. The van der Waals surface area contributed by atoms with Crippen molar-refractivity contribution < 1.29 is 9.72 Å². The molecule has 1 aliphatic heterocycles. The van der Waals surface area contributed by atoms with Crippen molar-refractivity contribution in [3.8, 4) is 5.69 Å². The number of nitro groups is 1. The van der Waals surface area contributed by atoms with Crippen LogP contribution in [0, 0.1) is 17.0 Å². The molecule has 2 atom stereocenters. The Balaban J connectivity index is 0.00000243. The van der Waals surface area contributed by atoms with Crippen molar-refractivity contribution >= 4 is 24.0 Å². The number of nitro benzene ring substituents is 1. The van der Waals surface area contributed by atoms with E-state index in [2.05, 4.69) is 27.9 Å². The van der Waals surface area contributed by atoms with E-state index in [1.165, 1.54) is 16.8 Å². The van der Waals surface area contributed by atoms with Crippen molar-refractivity contribution in [1.82, 2.24) is 25.6 Å². The molecule has 0 bridgehead atoms. The van der Waals surface area contributed by atoms with Gasteiger partial charge in [0, 0.05) is 24.2 Å². The largest absolute Gasteiger partial charge is 0.348 e. The van der Waals surface area contributed by atoms with Crippen LogP contribution < -0.4 is 10.6 Å². The fraction of sp³-hybridized carbons (Fsp3) is 0.438.